The zero-order chi connectivity index (χ0) is 12.0. The first-order valence-corrected chi connectivity index (χ1v) is 4.70. The van der Waals surface area contributed by atoms with Crippen molar-refractivity contribution >= 4 is 11.9 Å². The van der Waals surface area contributed by atoms with E-state index in [-0.39, 0.29) is 18.8 Å². The monoisotopic (exact) mass is 226 g/mol. The number of ether oxygens (including phenoxy) is 1. The Kier molecular flexibility index (Phi) is 4.38. The van der Waals surface area contributed by atoms with Crippen molar-refractivity contribution < 1.29 is 18.7 Å². The highest BCUT2D eigenvalue weighted by Crippen LogP contribution is 1.97. The van der Waals surface area contributed by atoms with E-state index in [1.165, 1.54) is 12.1 Å². The second-order valence-electron chi connectivity index (χ2n) is 2.83. The van der Waals surface area contributed by atoms with Gasteiger partial charge in [-0.1, -0.05) is 6.07 Å². The minimum atomic E-state index is -0.746. The summed E-state index contributed by atoms with van der Waals surface area (Å²) in [5.41, 5.74) is -0.0794. The van der Waals surface area contributed by atoms with Crippen LogP contribution in [0.15, 0.2) is 18.2 Å². The third-order valence-corrected chi connectivity index (χ3v) is 1.65. The molecular weight excluding hydrogens is 215 g/mol. The quantitative estimate of drug-likeness (QED) is 0.600. The Bertz CT molecular complexity index is 395. The number of rotatable bonds is 4. The molecular formula is C10H11FN2O3. The van der Waals surface area contributed by atoms with E-state index in [0.717, 1.165) is 6.07 Å². The minimum Gasteiger partial charge on any atom is -0.465 e. The second kappa shape index (κ2) is 5.79. The summed E-state index contributed by atoms with van der Waals surface area (Å²) in [6.07, 6.45) is 0. The highest BCUT2D eigenvalue weighted by molar-refractivity contribution is 5.94. The van der Waals surface area contributed by atoms with E-state index < -0.39 is 17.8 Å². The molecule has 0 fully saturated rings. The Morgan fingerprint density at radius 2 is 2.25 bits per heavy atom. The van der Waals surface area contributed by atoms with Gasteiger partial charge < -0.3 is 10.1 Å². The lowest BCUT2D eigenvalue weighted by atomic mass is 10.3. The number of nitrogens with one attached hydrogen (secondary N) is 1. The van der Waals surface area contributed by atoms with Crippen LogP contribution in [0.5, 0.6) is 0 Å². The lowest BCUT2D eigenvalue weighted by Crippen LogP contribution is -2.31. The molecule has 16 heavy (non-hydrogen) atoms. The zero-order valence-corrected chi connectivity index (χ0v) is 8.70. The van der Waals surface area contributed by atoms with E-state index in [1.54, 1.807) is 6.92 Å². The summed E-state index contributed by atoms with van der Waals surface area (Å²) in [6, 6.07) is 3.84. The second-order valence-corrected chi connectivity index (χ2v) is 2.83. The maximum atomic E-state index is 12.7. The van der Waals surface area contributed by atoms with Gasteiger partial charge in [0.1, 0.15) is 12.2 Å². The van der Waals surface area contributed by atoms with Gasteiger partial charge in [0.2, 0.25) is 5.95 Å². The fraction of sp³-hybridized carbons (Fsp3) is 0.300. The van der Waals surface area contributed by atoms with E-state index in [1.807, 2.05) is 0 Å². The topological polar surface area (TPSA) is 68.3 Å². The van der Waals surface area contributed by atoms with Crippen LogP contribution in [0.4, 0.5) is 4.39 Å². The average Bonchev–Trinajstić information content (AvgIpc) is 2.26. The molecule has 1 aromatic heterocycles. The lowest BCUT2D eigenvalue weighted by Gasteiger charge is -2.04. The molecule has 0 aliphatic carbocycles. The van der Waals surface area contributed by atoms with E-state index in [2.05, 4.69) is 15.0 Å². The fourth-order valence-corrected chi connectivity index (χ4v) is 0.990. The molecule has 1 rings (SSSR count). The van der Waals surface area contributed by atoms with Crippen LogP contribution in [-0.2, 0) is 9.53 Å². The highest BCUT2D eigenvalue weighted by atomic mass is 19.1. The van der Waals surface area contributed by atoms with Gasteiger partial charge >= 0.3 is 5.97 Å². The maximum Gasteiger partial charge on any atom is 0.325 e. The van der Waals surface area contributed by atoms with Crippen molar-refractivity contribution in [3.05, 3.63) is 29.8 Å². The normalized spacial score (nSPS) is 9.62. The standard InChI is InChI=1S/C10H11FN2O3/c1-2-16-9(14)6-12-10(15)7-4-3-5-8(11)13-7/h3-5H,2,6H2,1H3,(H,12,15). The first kappa shape index (κ1) is 12.1. The molecule has 0 aliphatic heterocycles. The molecule has 1 heterocycles. The van der Waals surface area contributed by atoms with Crippen molar-refractivity contribution in [2.45, 2.75) is 6.92 Å². The van der Waals surface area contributed by atoms with E-state index in [4.69, 9.17) is 0 Å². The number of pyridine rings is 1. The number of carbonyl (C=O) groups excluding carboxylic acids is 2. The van der Waals surface area contributed by atoms with Crippen molar-refractivity contribution in [2.75, 3.05) is 13.2 Å². The van der Waals surface area contributed by atoms with Crippen molar-refractivity contribution in [2.24, 2.45) is 0 Å². The predicted molar refractivity (Wildman–Crippen MR) is 53.2 cm³/mol. The molecule has 0 saturated carbocycles. The average molecular weight is 226 g/mol. The summed E-state index contributed by atoms with van der Waals surface area (Å²) in [7, 11) is 0. The third-order valence-electron chi connectivity index (χ3n) is 1.65. The van der Waals surface area contributed by atoms with Crippen molar-refractivity contribution in [3.8, 4) is 0 Å². The van der Waals surface area contributed by atoms with Crippen molar-refractivity contribution in [3.63, 3.8) is 0 Å². The van der Waals surface area contributed by atoms with Crippen LogP contribution >= 0.6 is 0 Å². The number of hydrogen-bond acceptors (Lipinski definition) is 4. The first-order valence-electron chi connectivity index (χ1n) is 4.70. The van der Waals surface area contributed by atoms with Gasteiger partial charge in [0.25, 0.3) is 5.91 Å². The molecule has 0 aliphatic rings. The smallest absolute Gasteiger partial charge is 0.325 e. The van der Waals surface area contributed by atoms with Crippen LogP contribution in [0.3, 0.4) is 0 Å². The summed E-state index contributed by atoms with van der Waals surface area (Å²) < 4.78 is 17.3. The number of nitrogens with zero attached hydrogens (tertiary/aromatic N) is 1. The highest BCUT2D eigenvalue weighted by Gasteiger charge is 2.09. The predicted octanol–water partition coefficient (Wildman–Crippen LogP) is 0.514. The van der Waals surface area contributed by atoms with E-state index >= 15 is 0 Å². The molecule has 1 N–H and O–H groups in total. The molecule has 0 unspecified atom stereocenters. The van der Waals surface area contributed by atoms with Gasteiger partial charge in [0, 0.05) is 0 Å². The van der Waals surface area contributed by atoms with Gasteiger partial charge in [0.15, 0.2) is 0 Å². The van der Waals surface area contributed by atoms with Crippen molar-refractivity contribution in [1.82, 2.24) is 10.3 Å². The molecule has 1 amide bonds. The van der Waals surface area contributed by atoms with E-state index in [0.29, 0.717) is 0 Å². The number of amides is 1. The fourth-order valence-electron chi connectivity index (χ4n) is 0.990. The van der Waals surface area contributed by atoms with Gasteiger partial charge in [-0.15, -0.1) is 0 Å². The molecule has 0 spiro atoms. The molecule has 0 bridgehead atoms. The summed E-state index contributed by atoms with van der Waals surface area (Å²) in [4.78, 5) is 25.6. The van der Waals surface area contributed by atoms with Crippen LogP contribution in [0.25, 0.3) is 0 Å². The van der Waals surface area contributed by atoms with Crippen LogP contribution in [0, 0.1) is 5.95 Å². The Morgan fingerprint density at radius 1 is 1.50 bits per heavy atom. The molecule has 6 heteroatoms. The lowest BCUT2D eigenvalue weighted by molar-refractivity contribution is -0.141. The summed E-state index contributed by atoms with van der Waals surface area (Å²) in [5.74, 6) is -1.91. The molecule has 0 saturated heterocycles. The molecule has 0 radical (unpaired) electrons. The number of halogens is 1. The Morgan fingerprint density at radius 3 is 2.88 bits per heavy atom. The molecule has 1 aromatic rings. The van der Waals surface area contributed by atoms with Gasteiger partial charge in [-0.2, -0.15) is 4.39 Å². The van der Waals surface area contributed by atoms with Crippen molar-refractivity contribution in [1.29, 1.82) is 0 Å². The summed E-state index contributed by atoms with van der Waals surface area (Å²) in [5, 5.41) is 2.27. The Hall–Kier alpha value is -1.98. The first-order chi connectivity index (χ1) is 7.63. The van der Waals surface area contributed by atoms with Gasteiger partial charge in [-0.05, 0) is 19.1 Å². The largest absolute Gasteiger partial charge is 0.465 e. The van der Waals surface area contributed by atoms with Gasteiger partial charge in [-0.25, -0.2) is 4.98 Å². The number of aromatic nitrogens is 1. The maximum absolute atomic E-state index is 12.7. The van der Waals surface area contributed by atoms with Crippen LogP contribution in [0.1, 0.15) is 17.4 Å². The number of hydrogen-bond donors (Lipinski definition) is 1. The number of esters is 1. The minimum absolute atomic E-state index is 0.0794. The summed E-state index contributed by atoms with van der Waals surface area (Å²) >= 11 is 0. The molecule has 0 aromatic carbocycles. The van der Waals surface area contributed by atoms with Crippen LogP contribution < -0.4 is 5.32 Å². The van der Waals surface area contributed by atoms with Gasteiger partial charge in [0.05, 0.1) is 6.61 Å². The molecule has 0 atom stereocenters. The van der Waals surface area contributed by atoms with Crippen LogP contribution in [-0.4, -0.2) is 30.0 Å². The van der Waals surface area contributed by atoms with Gasteiger partial charge in [-0.3, -0.25) is 9.59 Å². The Labute approximate surface area is 91.6 Å². The molecule has 5 nitrogen and oxygen atoms in total. The summed E-state index contributed by atoms with van der Waals surface area (Å²) in [6.45, 7) is 1.64. The zero-order valence-electron chi connectivity index (χ0n) is 8.70. The van der Waals surface area contributed by atoms with Crippen LogP contribution in [0.2, 0.25) is 0 Å². The SMILES string of the molecule is CCOC(=O)CNC(=O)c1cccc(F)n1. The van der Waals surface area contributed by atoms with E-state index in [9.17, 15) is 14.0 Å². The molecule has 86 valence electrons. The number of carbonyl (C=O) groups is 2. The third kappa shape index (κ3) is 3.64. The Balaban J connectivity index is 2.50.